The molecule has 9 heteroatoms. The molecule has 0 aliphatic rings. The van der Waals surface area contributed by atoms with E-state index in [1.807, 2.05) is 0 Å². The van der Waals surface area contributed by atoms with Crippen LogP contribution in [-0.4, -0.2) is 30.1 Å². The van der Waals surface area contributed by atoms with Crippen LogP contribution in [0.1, 0.15) is 24.0 Å². The van der Waals surface area contributed by atoms with Crippen molar-refractivity contribution >= 4 is 24.1 Å². The smallest absolute Gasteiger partial charge is 0.339 e. The molecule has 126 valence electrons. The Morgan fingerprint density at radius 2 is 1.96 bits per heavy atom. The number of aldehydes is 1. The van der Waals surface area contributed by atoms with Gasteiger partial charge in [0.1, 0.15) is 18.2 Å². The standard InChI is InChI=1S/C15H17N5O4/c16-7-6-15(20,10-3-1-9(2-4-10)12(18)19)14(23)24-13(22)11(17)5-8-21/h1-4,8,11H,5-6,17,20H2,(H3,18,19). The van der Waals surface area contributed by atoms with E-state index >= 15 is 0 Å². The minimum atomic E-state index is -1.90. The van der Waals surface area contributed by atoms with Gasteiger partial charge in [-0.05, 0) is 5.56 Å². The Morgan fingerprint density at radius 1 is 1.38 bits per heavy atom. The summed E-state index contributed by atoms with van der Waals surface area (Å²) in [4.78, 5) is 34.3. The van der Waals surface area contributed by atoms with Crippen LogP contribution < -0.4 is 17.2 Å². The summed E-state index contributed by atoms with van der Waals surface area (Å²) in [6, 6.07) is 6.18. The summed E-state index contributed by atoms with van der Waals surface area (Å²) in [7, 11) is 0. The Balaban J connectivity index is 3.08. The number of nitrogen functional groups attached to an aromatic ring is 1. The molecule has 1 rings (SSSR count). The lowest BCUT2D eigenvalue weighted by atomic mass is 9.87. The minimum Gasteiger partial charge on any atom is -0.390 e. The summed E-state index contributed by atoms with van der Waals surface area (Å²) in [5, 5.41) is 16.3. The number of ether oxygens (including phenoxy) is 1. The first kappa shape index (κ1) is 19.0. The van der Waals surface area contributed by atoms with E-state index in [0.29, 0.717) is 11.8 Å². The highest BCUT2D eigenvalue weighted by molar-refractivity contribution is 5.96. The van der Waals surface area contributed by atoms with Crippen LogP contribution >= 0.6 is 0 Å². The third-order valence-corrected chi connectivity index (χ3v) is 3.28. The van der Waals surface area contributed by atoms with Crippen LogP contribution in [0, 0.1) is 16.7 Å². The van der Waals surface area contributed by atoms with Gasteiger partial charge in [-0.2, -0.15) is 5.26 Å². The van der Waals surface area contributed by atoms with Gasteiger partial charge in [0, 0.05) is 12.0 Å². The molecule has 2 atom stereocenters. The fourth-order valence-corrected chi connectivity index (χ4v) is 1.82. The molecule has 9 nitrogen and oxygen atoms in total. The molecule has 0 aliphatic carbocycles. The average Bonchev–Trinajstić information content (AvgIpc) is 2.55. The summed E-state index contributed by atoms with van der Waals surface area (Å²) < 4.78 is 4.61. The Hall–Kier alpha value is -3.09. The fraction of sp³-hybridized carbons (Fsp3) is 0.267. The van der Waals surface area contributed by atoms with Gasteiger partial charge in [0.15, 0.2) is 5.54 Å². The highest BCUT2D eigenvalue weighted by Crippen LogP contribution is 2.24. The highest BCUT2D eigenvalue weighted by atomic mass is 16.6. The lowest BCUT2D eigenvalue weighted by Crippen LogP contribution is -2.48. The number of benzene rings is 1. The molecular formula is C15H17N5O4. The summed E-state index contributed by atoms with van der Waals surface area (Å²) in [5.41, 5.74) is 15.4. The molecule has 0 aromatic heterocycles. The molecule has 0 bridgehead atoms. The van der Waals surface area contributed by atoms with Gasteiger partial charge < -0.3 is 26.7 Å². The van der Waals surface area contributed by atoms with Crippen molar-refractivity contribution in [3.63, 3.8) is 0 Å². The van der Waals surface area contributed by atoms with Gasteiger partial charge in [-0.1, -0.05) is 24.3 Å². The van der Waals surface area contributed by atoms with Crippen LogP contribution in [0.15, 0.2) is 24.3 Å². The second-order valence-corrected chi connectivity index (χ2v) is 5.01. The van der Waals surface area contributed by atoms with E-state index in [1.165, 1.54) is 24.3 Å². The number of rotatable bonds is 7. The van der Waals surface area contributed by atoms with Crippen LogP contribution in [0.4, 0.5) is 0 Å². The first-order valence-electron chi connectivity index (χ1n) is 6.82. The average molecular weight is 331 g/mol. The first-order valence-corrected chi connectivity index (χ1v) is 6.82. The topological polar surface area (TPSA) is 186 Å². The summed E-state index contributed by atoms with van der Waals surface area (Å²) in [6.07, 6.45) is -0.349. The van der Waals surface area contributed by atoms with Gasteiger partial charge >= 0.3 is 11.9 Å². The second-order valence-electron chi connectivity index (χ2n) is 5.01. The second kappa shape index (κ2) is 7.96. The Morgan fingerprint density at radius 3 is 2.42 bits per heavy atom. The van der Waals surface area contributed by atoms with Crippen molar-refractivity contribution in [3.8, 4) is 6.07 Å². The van der Waals surface area contributed by atoms with E-state index in [2.05, 4.69) is 4.74 Å². The van der Waals surface area contributed by atoms with Crippen molar-refractivity contribution in [2.75, 3.05) is 0 Å². The van der Waals surface area contributed by atoms with Crippen LogP contribution in [0.3, 0.4) is 0 Å². The number of nitriles is 1. The lowest BCUT2D eigenvalue weighted by molar-refractivity contribution is -0.165. The van der Waals surface area contributed by atoms with E-state index in [-0.39, 0.29) is 17.8 Å². The van der Waals surface area contributed by atoms with Crippen molar-refractivity contribution in [1.29, 1.82) is 10.7 Å². The van der Waals surface area contributed by atoms with Crippen molar-refractivity contribution in [2.24, 2.45) is 17.2 Å². The monoisotopic (exact) mass is 331 g/mol. The van der Waals surface area contributed by atoms with E-state index in [1.54, 1.807) is 6.07 Å². The number of carbonyl (C=O) groups is 3. The normalized spacial score (nSPS) is 13.9. The summed E-state index contributed by atoms with van der Waals surface area (Å²) >= 11 is 0. The molecule has 1 aromatic carbocycles. The molecule has 24 heavy (non-hydrogen) atoms. The van der Waals surface area contributed by atoms with Crippen LogP contribution in [0.5, 0.6) is 0 Å². The van der Waals surface area contributed by atoms with Gasteiger partial charge in [0.25, 0.3) is 0 Å². The molecule has 0 spiro atoms. The molecule has 7 N–H and O–H groups in total. The number of hydrogen-bond acceptors (Lipinski definition) is 8. The summed E-state index contributed by atoms with van der Waals surface area (Å²) in [5.74, 6) is -2.45. The number of nitrogens with zero attached hydrogens (tertiary/aromatic N) is 1. The Bertz CT molecular complexity index is 695. The van der Waals surface area contributed by atoms with Crippen molar-refractivity contribution < 1.29 is 19.1 Å². The summed E-state index contributed by atoms with van der Waals surface area (Å²) in [6.45, 7) is 0. The zero-order valence-electron chi connectivity index (χ0n) is 12.7. The molecule has 2 unspecified atom stereocenters. The molecule has 1 aromatic rings. The zero-order valence-corrected chi connectivity index (χ0v) is 12.7. The third kappa shape index (κ3) is 4.22. The van der Waals surface area contributed by atoms with Gasteiger partial charge in [-0.3, -0.25) is 5.41 Å². The maximum atomic E-state index is 12.3. The quantitative estimate of drug-likeness (QED) is 0.161. The number of esters is 2. The number of nitrogens with one attached hydrogen (secondary N) is 1. The maximum absolute atomic E-state index is 12.3. The van der Waals surface area contributed by atoms with Gasteiger partial charge in [-0.15, -0.1) is 0 Å². The Kier molecular flexibility index (Phi) is 6.29. The number of hydrogen-bond donors (Lipinski definition) is 4. The predicted molar refractivity (Wildman–Crippen MR) is 83.3 cm³/mol. The number of carbonyl (C=O) groups excluding carboxylic acids is 3. The third-order valence-electron chi connectivity index (χ3n) is 3.28. The first-order chi connectivity index (χ1) is 11.3. The van der Waals surface area contributed by atoms with Crippen LogP contribution in [0.2, 0.25) is 0 Å². The van der Waals surface area contributed by atoms with Crippen molar-refractivity contribution in [3.05, 3.63) is 35.4 Å². The molecular weight excluding hydrogens is 314 g/mol. The largest absolute Gasteiger partial charge is 0.390 e. The van der Waals surface area contributed by atoms with Crippen molar-refractivity contribution in [2.45, 2.75) is 24.4 Å². The molecule has 0 heterocycles. The number of nitrogens with two attached hydrogens (primary N) is 3. The SMILES string of the molecule is N#CCC(N)(C(=O)OC(=O)C(N)CC=O)c1ccc(C(=N)N)cc1. The predicted octanol–water partition coefficient (Wildman–Crippen LogP) is -0.976. The minimum absolute atomic E-state index is 0.179. The van der Waals surface area contributed by atoms with Gasteiger partial charge in [-0.25, -0.2) is 9.59 Å². The van der Waals surface area contributed by atoms with Crippen LogP contribution in [-0.2, 0) is 24.7 Å². The van der Waals surface area contributed by atoms with E-state index in [0.717, 1.165) is 0 Å². The molecule has 0 fully saturated rings. The Labute approximate surface area is 137 Å². The molecule has 0 radical (unpaired) electrons. The van der Waals surface area contributed by atoms with Crippen molar-refractivity contribution in [1.82, 2.24) is 0 Å². The molecule has 0 saturated heterocycles. The highest BCUT2D eigenvalue weighted by Gasteiger charge is 2.39. The van der Waals surface area contributed by atoms with Gasteiger partial charge in [0.2, 0.25) is 0 Å². The van der Waals surface area contributed by atoms with Crippen LogP contribution in [0.25, 0.3) is 0 Å². The van der Waals surface area contributed by atoms with E-state index in [4.69, 9.17) is 27.9 Å². The van der Waals surface area contributed by atoms with E-state index in [9.17, 15) is 14.4 Å². The molecule has 0 saturated carbocycles. The lowest BCUT2D eigenvalue weighted by Gasteiger charge is -2.25. The number of amidine groups is 1. The molecule has 0 amide bonds. The molecule has 0 aliphatic heterocycles. The van der Waals surface area contributed by atoms with Gasteiger partial charge in [0.05, 0.1) is 12.5 Å². The fourth-order valence-electron chi connectivity index (χ4n) is 1.82. The maximum Gasteiger partial charge on any atom is 0.339 e. The zero-order chi connectivity index (χ0) is 18.3. The van der Waals surface area contributed by atoms with E-state index < -0.39 is 29.9 Å².